The van der Waals surface area contributed by atoms with Crippen LogP contribution in [-0.4, -0.2) is 54.2 Å². The number of nitrogens with zero attached hydrogens (tertiary/aromatic N) is 2. The molecule has 2 aliphatic heterocycles. The van der Waals surface area contributed by atoms with Gasteiger partial charge in [-0.15, -0.1) is 0 Å². The fourth-order valence-electron chi connectivity index (χ4n) is 4.60. The van der Waals surface area contributed by atoms with Crippen LogP contribution in [-0.2, 0) is 6.54 Å². The standard InChI is InChI=1S/C21H30ClN3O2/c22-17-6-7-20(27-19-4-1-2-5-19)16(14-17)15-24-12-8-18(9-13-24)25-11-3-10-23-21(25)26/h6-7,14,18-19H,1-5,8-13,15H2,(H,23,26). The third kappa shape index (κ3) is 4.69. The van der Waals surface area contributed by atoms with Crippen molar-refractivity contribution in [3.05, 3.63) is 28.8 Å². The van der Waals surface area contributed by atoms with Crippen LogP contribution in [0.25, 0.3) is 0 Å². The van der Waals surface area contributed by atoms with Crippen LogP contribution < -0.4 is 10.1 Å². The minimum Gasteiger partial charge on any atom is -0.490 e. The van der Waals surface area contributed by atoms with Crippen molar-refractivity contribution in [1.82, 2.24) is 15.1 Å². The minimum atomic E-state index is 0.113. The predicted molar refractivity (Wildman–Crippen MR) is 107 cm³/mol. The lowest BCUT2D eigenvalue weighted by Gasteiger charge is -2.40. The molecule has 3 fully saturated rings. The summed E-state index contributed by atoms with van der Waals surface area (Å²) in [6.45, 7) is 4.58. The van der Waals surface area contributed by atoms with Crippen molar-refractivity contribution in [1.29, 1.82) is 0 Å². The van der Waals surface area contributed by atoms with Crippen LogP contribution in [0.2, 0.25) is 5.02 Å². The van der Waals surface area contributed by atoms with Crippen LogP contribution in [0.1, 0.15) is 50.5 Å². The maximum absolute atomic E-state index is 12.1. The molecule has 2 heterocycles. The molecule has 4 rings (SSSR count). The molecule has 1 saturated carbocycles. The Morgan fingerprint density at radius 2 is 1.85 bits per heavy atom. The molecule has 27 heavy (non-hydrogen) atoms. The second kappa shape index (κ2) is 8.70. The monoisotopic (exact) mass is 391 g/mol. The number of ether oxygens (including phenoxy) is 1. The molecule has 1 aromatic carbocycles. The fraction of sp³-hybridized carbons (Fsp3) is 0.667. The summed E-state index contributed by atoms with van der Waals surface area (Å²) >= 11 is 6.27. The second-order valence-electron chi connectivity index (χ2n) is 8.06. The van der Waals surface area contributed by atoms with Crippen LogP contribution in [0, 0.1) is 0 Å². The Bertz CT molecular complexity index is 655. The van der Waals surface area contributed by atoms with E-state index in [1.165, 1.54) is 18.4 Å². The van der Waals surface area contributed by atoms with Crippen LogP contribution in [0.3, 0.4) is 0 Å². The molecule has 3 aliphatic rings. The highest BCUT2D eigenvalue weighted by Gasteiger charge is 2.29. The van der Waals surface area contributed by atoms with Crippen molar-refractivity contribution in [3.63, 3.8) is 0 Å². The molecule has 1 aliphatic carbocycles. The van der Waals surface area contributed by atoms with E-state index in [9.17, 15) is 4.79 Å². The molecular formula is C21H30ClN3O2. The molecule has 1 N–H and O–H groups in total. The smallest absolute Gasteiger partial charge is 0.317 e. The van der Waals surface area contributed by atoms with Gasteiger partial charge in [0.15, 0.2) is 0 Å². The first-order valence-electron chi connectivity index (χ1n) is 10.4. The van der Waals surface area contributed by atoms with Crippen LogP contribution in [0.4, 0.5) is 4.79 Å². The zero-order valence-electron chi connectivity index (χ0n) is 16.0. The number of likely N-dealkylation sites (tertiary alicyclic amines) is 1. The number of benzene rings is 1. The van der Waals surface area contributed by atoms with E-state index in [-0.39, 0.29) is 6.03 Å². The Hall–Kier alpha value is -1.46. The zero-order chi connectivity index (χ0) is 18.6. The van der Waals surface area contributed by atoms with E-state index in [4.69, 9.17) is 16.3 Å². The number of carbonyl (C=O) groups is 1. The fourth-order valence-corrected chi connectivity index (χ4v) is 4.79. The molecule has 6 heteroatoms. The molecular weight excluding hydrogens is 362 g/mol. The molecule has 2 amide bonds. The van der Waals surface area contributed by atoms with Crippen molar-refractivity contribution in [2.45, 2.75) is 63.6 Å². The van der Waals surface area contributed by atoms with Gasteiger partial charge in [-0.05, 0) is 63.1 Å². The van der Waals surface area contributed by atoms with E-state index >= 15 is 0 Å². The number of halogens is 1. The van der Waals surface area contributed by atoms with Gasteiger partial charge in [0, 0.05) is 49.4 Å². The number of hydrogen-bond donors (Lipinski definition) is 1. The molecule has 0 spiro atoms. The van der Waals surface area contributed by atoms with Gasteiger partial charge in [-0.1, -0.05) is 11.6 Å². The largest absolute Gasteiger partial charge is 0.490 e. The number of urea groups is 1. The number of carbonyl (C=O) groups excluding carboxylic acids is 1. The number of rotatable bonds is 5. The highest BCUT2D eigenvalue weighted by molar-refractivity contribution is 6.30. The van der Waals surface area contributed by atoms with Gasteiger partial charge in [0.25, 0.3) is 0 Å². The van der Waals surface area contributed by atoms with E-state index in [0.29, 0.717) is 12.1 Å². The minimum absolute atomic E-state index is 0.113. The first kappa shape index (κ1) is 18.9. The van der Waals surface area contributed by atoms with Crippen LogP contribution >= 0.6 is 11.6 Å². The second-order valence-corrected chi connectivity index (χ2v) is 8.50. The summed E-state index contributed by atoms with van der Waals surface area (Å²) in [6, 6.07) is 6.49. The zero-order valence-corrected chi connectivity index (χ0v) is 16.7. The van der Waals surface area contributed by atoms with E-state index in [2.05, 4.69) is 16.3 Å². The summed E-state index contributed by atoms with van der Waals surface area (Å²) in [5, 5.41) is 3.74. The van der Waals surface area contributed by atoms with Gasteiger partial charge in [-0.2, -0.15) is 0 Å². The summed E-state index contributed by atoms with van der Waals surface area (Å²) in [6.07, 6.45) is 8.33. The van der Waals surface area contributed by atoms with Crippen molar-refractivity contribution in [3.8, 4) is 5.75 Å². The van der Waals surface area contributed by atoms with Gasteiger partial charge in [0.05, 0.1) is 6.10 Å². The molecule has 0 aromatic heterocycles. The molecule has 2 saturated heterocycles. The summed E-state index contributed by atoms with van der Waals surface area (Å²) in [4.78, 5) is 16.6. The molecule has 1 aromatic rings. The average Bonchev–Trinajstić information content (AvgIpc) is 3.18. The topological polar surface area (TPSA) is 44.8 Å². The number of hydrogen-bond acceptors (Lipinski definition) is 3. The lowest BCUT2D eigenvalue weighted by atomic mass is 10.0. The van der Waals surface area contributed by atoms with Crippen molar-refractivity contribution in [2.75, 3.05) is 26.2 Å². The molecule has 5 nitrogen and oxygen atoms in total. The van der Waals surface area contributed by atoms with E-state index in [0.717, 1.165) is 75.6 Å². The Labute approximate surface area is 167 Å². The highest BCUT2D eigenvalue weighted by atomic mass is 35.5. The molecule has 0 atom stereocenters. The highest BCUT2D eigenvalue weighted by Crippen LogP contribution is 2.30. The SMILES string of the molecule is O=C1NCCCN1C1CCN(Cc2cc(Cl)ccc2OC2CCCC2)CC1. The molecule has 0 radical (unpaired) electrons. The Balaban J connectivity index is 1.35. The van der Waals surface area contributed by atoms with Gasteiger partial charge in [0.1, 0.15) is 5.75 Å². The lowest BCUT2D eigenvalue weighted by molar-refractivity contribution is 0.108. The molecule has 0 bridgehead atoms. The quantitative estimate of drug-likeness (QED) is 0.823. The van der Waals surface area contributed by atoms with Gasteiger partial charge < -0.3 is 15.0 Å². The van der Waals surface area contributed by atoms with Crippen LogP contribution in [0.5, 0.6) is 5.75 Å². The normalized spacial score (nSPS) is 22.9. The van der Waals surface area contributed by atoms with Crippen molar-refractivity contribution < 1.29 is 9.53 Å². The van der Waals surface area contributed by atoms with Crippen molar-refractivity contribution >= 4 is 17.6 Å². The van der Waals surface area contributed by atoms with Gasteiger partial charge >= 0.3 is 6.03 Å². The lowest BCUT2D eigenvalue weighted by Crippen LogP contribution is -2.54. The maximum Gasteiger partial charge on any atom is 0.317 e. The summed E-state index contributed by atoms with van der Waals surface area (Å²) in [5.74, 6) is 0.990. The third-order valence-corrected chi connectivity index (χ3v) is 6.36. The summed E-state index contributed by atoms with van der Waals surface area (Å²) < 4.78 is 6.29. The van der Waals surface area contributed by atoms with E-state index in [1.54, 1.807) is 0 Å². The Morgan fingerprint density at radius 1 is 1.07 bits per heavy atom. The van der Waals surface area contributed by atoms with E-state index < -0.39 is 0 Å². The Kier molecular flexibility index (Phi) is 6.08. The Morgan fingerprint density at radius 3 is 2.59 bits per heavy atom. The first-order valence-corrected chi connectivity index (χ1v) is 10.8. The third-order valence-electron chi connectivity index (χ3n) is 6.12. The number of nitrogens with one attached hydrogen (secondary N) is 1. The predicted octanol–water partition coefficient (Wildman–Crippen LogP) is 4.04. The summed E-state index contributed by atoms with van der Waals surface area (Å²) in [7, 11) is 0. The maximum atomic E-state index is 12.1. The van der Waals surface area contributed by atoms with E-state index in [1.807, 2.05) is 17.0 Å². The number of piperidine rings is 1. The van der Waals surface area contributed by atoms with Crippen LogP contribution in [0.15, 0.2) is 18.2 Å². The molecule has 148 valence electrons. The average molecular weight is 392 g/mol. The molecule has 0 unspecified atom stereocenters. The van der Waals surface area contributed by atoms with Gasteiger partial charge in [-0.3, -0.25) is 4.90 Å². The van der Waals surface area contributed by atoms with Crippen molar-refractivity contribution in [2.24, 2.45) is 0 Å². The van der Waals surface area contributed by atoms with Gasteiger partial charge in [-0.25, -0.2) is 4.79 Å². The number of amides is 2. The first-order chi connectivity index (χ1) is 13.2. The van der Waals surface area contributed by atoms with Gasteiger partial charge in [0.2, 0.25) is 0 Å². The summed E-state index contributed by atoms with van der Waals surface area (Å²) in [5.41, 5.74) is 1.18.